The smallest absolute Gasteiger partial charge is 0.260 e. The van der Waals surface area contributed by atoms with Crippen molar-refractivity contribution in [3.05, 3.63) is 51.9 Å². The lowest BCUT2D eigenvalue weighted by Crippen LogP contribution is -2.50. The summed E-state index contributed by atoms with van der Waals surface area (Å²) in [5.41, 5.74) is 1.90. The summed E-state index contributed by atoms with van der Waals surface area (Å²) in [6.45, 7) is 7.85. The fourth-order valence-corrected chi connectivity index (χ4v) is 5.69. The fourth-order valence-electron chi connectivity index (χ4n) is 4.73. The van der Waals surface area contributed by atoms with Crippen LogP contribution in [-0.4, -0.2) is 76.4 Å². The molecule has 1 amide bonds. The van der Waals surface area contributed by atoms with Gasteiger partial charge < -0.3 is 9.88 Å². The Kier molecular flexibility index (Phi) is 6.08. The number of thiophene rings is 1. The maximum atomic E-state index is 13.0. The lowest BCUT2D eigenvalue weighted by molar-refractivity contribution is -0.131. The van der Waals surface area contributed by atoms with Crippen LogP contribution in [0.1, 0.15) is 31.6 Å². The topological polar surface area (TPSA) is 72.5 Å². The highest BCUT2D eigenvalue weighted by atomic mass is 32.1. The monoisotopic (exact) mass is 451 g/mol. The third-order valence-electron chi connectivity index (χ3n) is 6.72. The van der Waals surface area contributed by atoms with Crippen LogP contribution in [0.15, 0.2) is 40.5 Å². The predicted octanol–water partition coefficient (Wildman–Crippen LogP) is 2.95. The van der Waals surface area contributed by atoms with Crippen molar-refractivity contribution in [2.75, 3.05) is 45.8 Å². The number of nitrogens with one attached hydrogen (secondary N) is 1. The second-order valence-corrected chi connectivity index (χ2v) is 9.58. The molecule has 0 aliphatic carbocycles. The molecule has 168 valence electrons. The van der Waals surface area contributed by atoms with Crippen molar-refractivity contribution < 1.29 is 4.79 Å². The van der Waals surface area contributed by atoms with Crippen molar-refractivity contribution in [1.29, 1.82) is 0 Å². The number of piperazine rings is 1. The number of aromatic amines is 1. The molecule has 2 aliphatic heterocycles. The second kappa shape index (κ2) is 9.13. The molecule has 0 saturated carbocycles. The molecule has 4 heterocycles. The van der Waals surface area contributed by atoms with Crippen LogP contribution in [0.4, 0.5) is 0 Å². The van der Waals surface area contributed by atoms with Gasteiger partial charge in [0.25, 0.3) is 5.56 Å². The number of nitrogens with zero attached hydrogens (tertiary/aromatic N) is 4. The SMILES string of the molecule is C[C@@H](c1nc2scc(-c3ccccc3)c2c(=O)[nH]1)N1CCN(CC(=O)N2CCCC2)CC1. The zero-order valence-corrected chi connectivity index (χ0v) is 19.2. The zero-order chi connectivity index (χ0) is 22.1. The highest BCUT2D eigenvalue weighted by molar-refractivity contribution is 7.17. The molecule has 1 N–H and O–H groups in total. The van der Waals surface area contributed by atoms with Gasteiger partial charge in [0.05, 0.1) is 18.0 Å². The number of hydrogen-bond acceptors (Lipinski definition) is 6. The van der Waals surface area contributed by atoms with Gasteiger partial charge in [-0.25, -0.2) is 4.98 Å². The molecule has 0 spiro atoms. The Morgan fingerprint density at radius 3 is 2.53 bits per heavy atom. The number of likely N-dealkylation sites (tertiary alicyclic amines) is 1. The summed E-state index contributed by atoms with van der Waals surface area (Å²) < 4.78 is 0. The molecule has 8 heteroatoms. The lowest BCUT2D eigenvalue weighted by Gasteiger charge is -2.37. The van der Waals surface area contributed by atoms with Crippen LogP contribution in [-0.2, 0) is 4.79 Å². The molecule has 2 aromatic heterocycles. The van der Waals surface area contributed by atoms with Gasteiger partial charge in [0, 0.05) is 50.2 Å². The minimum absolute atomic E-state index is 0.0193. The number of carbonyl (C=O) groups is 1. The molecule has 0 unspecified atom stereocenters. The standard InChI is InChI=1S/C24H29N5O2S/c1-17(28-13-11-27(12-14-28)15-20(30)29-9-5-6-10-29)22-25-23(31)21-19(16-32-24(21)26-22)18-7-3-2-4-8-18/h2-4,7-8,16-17H,5-6,9-15H2,1H3,(H,25,26,31)/t17-/m0/s1. The van der Waals surface area contributed by atoms with Crippen molar-refractivity contribution in [3.8, 4) is 11.1 Å². The van der Waals surface area contributed by atoms with E-state index in [1.165, 1.54) is 11.3 Å². The molecule has 7 nitrogen and oxygen atoms in total. The summed E-state index contributed by atoms with van der Waals surface area (Å²) in [5.74, 6) is 0.970. The molecule has 1 aromatic carbocycles. The van der Waals surface area contributed by atoms with Gasteiger partial charge in [0.2, 0.25) is 5.91 Å². The highest BCUT2D eigenvalue weighted by Crippen LogP contribution is 2.31. The number of aromatic nitrogens is 2. The Labute approximate surface area is 191 Å². The Balaban J connectivity index is 1.27. The number of benzene rings is 1. The molecule has 5 rings (SSSR count). The normalized spacial score (nSPS) is 19.0. The van der Waals surface area contributed by atoms with Crippen molar-refractivity contribution in [2.45, 2.75) is 25.8 Å². The first kappa shape index (κ1) is 21.3. The molecule has 2 aliphatic rings. The summed E-state index contributed by atoms with van der Waals surface area (Å²) in [6, 6.07) is 10.00. The van der Waals surface area contributed by atoms with E-state index < -0.39 is 0 Å². The summed E-state index contributed by atoms with van der Waals surface area (Å²) in [5, 5.41) is 2.69. The third kappa shape index (κ3) is 4.22. The quantitative estimate of drug-likeness (QED) is 0.646. The van der Waals surface area contributed by atoms with E-state index in [9.17, 15) is 9.59 Å². The number of carbonyl (C=O) groups excluding carboxylic acids is 1. The van der Waals surface area contributed by atoms with E-state index in [1.54, 1.807) is 0 Å². The zero-order valence-electron chi connectivity index (χ0n) is 18.4. The second-order valence-electron chi connectivity index (χ2n) is 8.72. The summed E-state index contributed by atoms with van der Waals surface area (Å²) in [7, 11) is 0. The van der Waals surface area contributed by atoms with Gasteiger partial charge in [-0.15, -0.1) is 11.3 Å². The predicted molar refractivity (Wildman–Crippen MR) is 128 cm³/mol. The average molecular weight is 452 g/mol. The Hall–Kier alpha value is -2.55. The van der Waals surface area contributed by atoms with E-state index in [-0.39, 0.29) is 17.5 Å². The molecular formula is C24H29N5O2S. The van der Waals surface area contributed by atoms with E-state index in [2.05, 4.69) is 21.7 Å². The first-order chi connectivity index (χ1) is 15.6. The molecule has 1 atom stereocenters. The Bertz CT molecular complexity index is 1140. The van der Waals surface area contributed by atoms with Crippen LogP contribution in [0.3, 0.4) is 0 Å². The summed E-state index contributed by atoms with van der Waals surface area (Å²) in [6.07, 6.45) is 2.26. The first-order valence-corrected chi connectivity index (χ1v) is 12.3. The molecule has 0 radical (unpaired) electrons. The van der Waals surface area contributed by atoms with E-state index in [1.807, 2.05) is 40.6 Å². The lowest BCUT2D eigenvalue weighted by atomic mass is 10.1. The van der Waals surface area contributed by atoms with Crippen LogP contribution >= 0.6 is 11.3 Å². The largest absolute Gasteiger partial charge is 0.342 e. The minimum Gasteiger partial charge on any atom is -0.342 e. The van der Waals surface area contributed by atoms with Gasteiger partial charge in [0.15, 0.2) is 0 Å². The molecule has 2 fully saturated rings. The Morgan fingerprint density at radius 1 is 1.09 bits per heavy atom. The van der Waals surface area contributed by atoms with E-state index in [4.69, 9.17) is 4.98 Å². The van der Waals surface area contributed by atoms with Crippen molar-refractivity contribution in [1.82, 2.24) is 24.7 Å². The number of hydrogen-bond donors (Lipinski definition) is 1. The van der Waals surface area contributed by atoms with Crippen LogP contribution in [0.25, 0.3) is 21.3 Å². The van der Waals surface area contributed by atoms with Crippen LogP contribution in [0.5, 0.6) is 0 Å². The van der Waals surface area contributed by atoms with Crippen molar-refractivity contribution >= 4 is 27.5 Å². The van der Waals surface area contributed by atoms with Crippen LogP contribution in [0, 0.1) is 0 Å². The first-order valence-electron chi connectivity index (χ1n) is 11.4. The van der Waals surface area contributed by atoms with Gasteiger partial charge in [-0.1, -0.05) is 30.3 Å². The maximum Gasteiger partial charge on any atom is 0.260 e. The van der Waals surface area contributed by atoms with Crippen LogP contribution < -0.4 is 5.56 Å². The molecule has 2 saturated heterocycles. The van der Waals surface area contributed by atoms with E-state index in [0.29, 0.717) is 17.8 Å². The minimum atomic E-state index is -0.0770. The summed E-state index contributed by atoms with van der Waals surface area (Å²) >= 11 is 1.52. The number of H-pyrrole nitrogens is 1. The molecule has 32 heavy (non-hydrogen) atoms. The van der Waals surface area contributed by atoms with Gasteiger partial charge in [-0.3, -0.25) is 19.4 Å². The maximum absolute atomic E-state index is 13.0. The van der Waals surface area contributed by atoms with Gasteiger partial charge in [-0.2, -0.15) is 0 Å². The molecule has 0 bridgehead atoms. The van der Waals surface area contributed by atoms with E-state index >= 15 is 0 Å². The van der Waals surface area contributed by atoms with Gasteiger partial charge in [0.1, 0.15) is 10.7 Å². The van der Waals surface area contributed by atoms with Crippen molar-refractivity contribution in [3.63, 3.8) is 0 Å². The third-order valence-corrected chi connectivity index (χ3v) is 7.59. The van der Waals surface area contributed by atoms with E-state index in [0.717, 1.165) is 68.1 Å². The molecular weight excluding hydrogens is 422 g/mol. The van der Waals surface area contributed by atoms with Gasteiger partial charge in [-0.05, 0) is 25.3 Å². The summed E-state index contributed by atoms with van der Waals surface area (Å²) in [4.78, 5) is 40.7. The number of rotatable bonds is 5. The Morgan fingerprint density at radius 2 is 1.81 bits per heavy atom. The van der Waals surface area contributed by atoms with Gasteiger partial charge >= 0.3 is 0 Å². The fraction of sp³-hybridized carbons (Fsp3) is 0.458. The number of amides is 1. The van der Waals surface area contributed by atoms with Crippen LogP contribution in [0.2, 0.25) is 0 Å². The highest BCUT2D eigenvalue weighted by Gasteiger charge is 2.27. The number of fused-ring (bicyclic) bond motifs is 1. The van der Waals surface area contributed by atoms with Crippen molar-refractivity contribution in [2.24, 2.45) is 0 Å². The molecule has 3 aromatic rings. The average Bonchev–Trinajstić information content (AvgIpc) is 3.50.